The molecule has 0 unspecified atom stereocenters. The minimum absolute atomic E-state index is 0.168. The lowest BCUT2D eigenvalue weighted by Crippen LogP contribution is -2.22. The highest BCUT2D eigenvalue weighted by molar-refractivity contribution is 5.71. The van der Waals surface area contributed by atoms with Crippen LogP contribution in [0.5, 0.6) is 0 Å². The number of nitrogens with zero attached hydrogens (tertiary/aromatic N) is 1. The van der Waals surface area contributed by atoms with Crippen LogP contribution >= 0.6 is 0 Å². The van der Waals surface area contributed by atoms with E-state index >= 15 is 0 Å². The minimum Gasteiger partial charge on any atom is -0.439 e. The smallest absolute Gasteiger partial charge is 0.408 e. The van der Waals surface area contributed by atoms with Crippen molar-refractivity contribution >= 4 is 6.09 Å². The third-order valence-corrected chi connectivity index (χ3v) is 4.18. The fourth-order valence-electron chi connectivity index (χ4n) is 2.98. The van der Waals surface area contributed by atoms with Crippen molar-refractivity contribution in [2.24, 2.45) is 0 Å². The molecule has 25 heavy (non-hydrogen) atoms. The Balaban J connectivity index is 1.76. The van der Waals surface area contributed by atoms with Gasteiger partial charge in [-0.3, -0.25) is 0 Å². The maximum absolute atomic E-state index is 14.5. The SMILES string of the molecule is O=C1N[C@@H](c2nc(-c3ccccc3)ccc2F)[C@H](c2ccccc2)O1. The van der Waals surface area contributed by atoms with E-state index in [1.54, 1.807) is 6.07 Å². The molecule has 0 aliphatic carbocycles. The lowest BCUT2D eigenvalue weighted by Gasteiger charge is -2.18. The molecular weight excluding hydrogens is 319 g/mol. The van der Waals surface area contributed by atoms with Crippen molar-refractivity contribution in [2.75, 3.05) is 0 Å². The van der Waals surface area contributed by atoms with Crippen LogP contribution in [0.25, 0.3) is 11.3 Å². The Morgan fingerprint density at radius 3 is 2.32 bits per heavy atom. The van der Waals surface area contributed by atoms with Gasteiger partial charge in [0.05, 0.1) is 5.69 Å². The minimum atomic E-state index is -0.682. The van der Waals surface area contributed by atoms with E-state index in [2.05, 4.69) is 10.3 Å². The van der Waals surface area contributed by atoms with Gasteiger partial charge in [0, 0.05) is 5.56 Å². The van der Waals surface area contributed by atoms with Crippen molar-refractivity contribution in [3.05, 3.63) is 89.9 Å². The van der Waals surface area contributed by atoms with Crippen LogP contribution in [0.1, 0.15) is 23.4 Å². The van der Waals surface area contributed by atoms with E-state index in [1.807, 2.05) is 60.7 Å². The predicted octanol–water partition coefficient (Wildman–Crippen LogP) is 4.41. The molecule has 5 heteroatoms. The number of rotatable bonds is 3. The summed E-state index contributed by atoms with van der Waals surface area (Å²) in [5.74, 6) is -0.476. The largest absolute Gasteiger partial charge is 0.439 e. The lowest BCUT2D eigenvalue weighted by atomic mass is 9.99. The van der Waals surface area contributed by atoms with Crippen LogP contribution < -0.4 is 5.32 Å². The van der Waals surface area contributed by atoms with Crippen LogP contribution in [0.15, 0.2) is 72.8 Å². The summed E-state index contributed by atoms with van der Waals surface area (Å²) >= 11 is 0. The first-order valence-corrected chi connectivity index (χ1v) is 7.96. The Kier molecular flexibility index (Phi) is 3.90. The lowest BCUT2D eigenvalue weighted by molar-refractivity contribution is 0.131. The number of hydrogen-bond donors (Lipinski definition) is 1. The van der Waals surface area contributed by atoms with Gasteiger partial charge in [-0.1, -0.05) is 60.7 Å². The first kappa shape index (κ1) is 15.3. The van der Waals surface area contributed by atoms with Gasteiger partial charge in [-0.15, -0.1) is 0 Å². The summed E-state index contributed by atoms with van der Waals surface area (Å²) < 4.78 is 19.8. The molecule has 1 aromatic heterocycles. The van der Waals surface area contributed by atoms with Crippen LogP contribution in [0.3, 0.4) is 0 Å². The Bertz CT molecular complexity index is 900. The molecule has 1 aliphatic rings. The maximum atomic E-state index is 14.5. The van der Waals surface area contributed by atoms with Crippen LogP contribution in [0.4, 0.5) is 9.18 Å². The molecule has 4 rings (SSSR count). The molecule has 1 saturated heterocycles. The standard InChI is InChI=1S/C20H15FN2O2/c21-15-11-12-16(13-7-3-1-4-8-13)22-17(15)18-19(25-20(24)23-18)14-9-5-2-6-10-14/h1-12,18-19H,(H,23,24)/t18-,19-/m0/s1. The quantitative estimate of drug-likeness (QED) is 0.772. The van der Waals surface area contributed by atoms with E-state index in [0.717, 1.165) is 11.1 Å². The van der Waals surface area contributed by atoms with Crippen molar-refractivity contribution in [3.8, 4) is 11.3 Å². The molecule has 0 saturated carbocycles. The third kappa shape index (κ3) is 2.96. The summed E-state index contributed by atoms with van der Waals surface area (Å²) in [6.07, 6.45) is -1.20. The molecule has 4 nitrogen and oxygen atoms in total. The molecule has 124 valence electrons. The van der Waals surface area contributed by atoms with Crippen LogP contribution in [0.2, 0.25) is 0 Å². The summed E-state index contributed by atoms with van der Waals surface area (Å²) in [5, 5.41) is 2.67. The number of carbonyl (C=O) groups excluding carboxylic acids is 1. The van der Waals surface area contributed by atoms with Crippen molar-refractivity contribution < 1.29 is 13.9 Å². The topological polar surface area (TPSA) is 51.2 Å². The zero-order valence-corrected chi connectivity index (χ0v) is 13.2. The first-order valence-electron chi connectivity index (χ1n) is 7.96. The average molecular weight is 334 g/mol. The summed E-state index contributed by atoms with van der Waals surface area (Å²) in [6.45, 7) is 0. The molecule has 1 aliphatic heterocycles. The number of amides is 1. The van der Waals surface area contributed by atoms with Gasteiger partial charge in [-0.25, -0.2) is 14.2 Å². The Morgan fingerprint density at radius 2 is 1.60 bits per heavy atom. The number of carbonyl (C=O) groups is 1. The van der Waals surface area contributed by atoms with Crippen LogP contribution in [-0.2, 0) is 4.74 Å². The van der Waals surface area contributed by atoms with E-state index in [-0.39, 0.29) is 5.69 Å². The molecule has 0 spiro atoms. The molecule has 0 bridgehead atoms. The number of ether oxygens (including phenoxy) is 1. The van der Waals surface area contributed by atoms with Crippen molar-refractivity contribution in [3.63, 3.8) is 0 Å². The molecular formula is C20H15FN2O2. The number of halogens is 1. The number of nitrogens with one attached hydrogen (secondary N) is 1. The number of hydrogen-bond acceptors (Lipinski definition) is 3. The second kappa shape index (κ2) is 6.36. The number of cyclic esters (lactones) is 1. The fraction of sp³-hybridized carbons (Fsp3) is 0.100. The van der Waals surface area contributed by atoms with Gasteiger partial charge in [0.25, 0.3) is 0 Å². The van der Waals surface area contributed by atoms with Gasteiger partial charge in [-0.05, 0) is 17.7 Å². The normalized spacial score (nSPS) is 19.3. The predicted molar refractivity (Wildman–Crippen MR) is 91.2 cm³/mol. The van der Waals surface area contributed by atoms with Crippen LogP contribution in [0, 0.1) is 5.82 Å². The third-order valence-electron chi connectivity index (χ3n) is 4.18. The van der Waals surface area contributed by atoms with E-state index < -0.39 is 24.1 Å². The highest BCUT2D eigenvalue weighted by atomic mass is 19.1. The monoisotopic (exact) mass is 334 g/mol. The zero-order chi connectivity index (χ0) is 17.2. The van der Waals surface area contributed by atoms with Gasteiger partial charge in [0.15, 0.2) is 6.10 Å². The molecule has 3 aromatic rings. The van der Waals surface area contributed by atoms with Gasteiger partial charge in [0.1, 0.15) is 17.6 Å². The van der Waals surface area contributed by atoms with Crippen molar-refractivity contribution in [1.82, 2.24) is 10.3 Å². The van der Waals surface area contributed by atoms with Crippen molar-refractivity contribution in [1.29, 1.82) is 0 Å². The van der Waals surface area contributed by atoms with Gasteiger partial charge in [-0.2, -0.15) is 0 Å². The second-order valence-corrected chi connectivity index (χ2v) is 5.79. The van der Waals surface area contributed by atoms with E-state index in [4.69, 9.17) is 4.74 Å². The van der Waals surface area contributed by atoms with E-state index in [0.29, 0.717) is 5.69 Å². The highest BCUT2D eigenvalue weighted by Crippen LogP contribution is 2.37. The summed E-state index contributed by atoms with van der Waals surface area (Å²) in [4.78, 5) is 16.3. The van der Waals surface area contributed by atoms with E-state index in [9.17, 15) is 9.18 Å². The van der Waals surface area contributed by atoms with Crippen LogP contribution in [-0.4, -0.2) is 11.1 Å². The summed E-state index contributed by atoms with van der Waals surface area (Å²) in [5.41, 5.74) is 2.48. The van der Waals surface area contributed by atoms with E-state index in [1.165, 1.54) is 6.07 Å². The molecule has 1 fully saturated rings. The van der Waals surface area contributed by atoms with Crippen molar-refractivity contribution in [2.45, 2.75) is 12.1 Å². The number of alkyl carbamates (subject to hydrolysis) is 1. The summed E-state index contributed by atoms with van der Waals surface area (Å²) in [7, 11) is 0. The molecule has 2 heterocycles. The maximum Gasteiger partial charge on any atom is 0.408 e. The number of benzene rings is 2. The molecule has 0 radical (unpaired) electrons. The number of pyridine rings is 1. The zero-order valence-electron chi connectivity index (χ0n) is 13.2. The molecule has 1 amide bonds. The van der Waals surface area contributed by atoms with Gasteiger partial charge >= 0.3 is 6.09 Å². The Hall–Kier alpha value is -3.21. The number of aromatic nitrogens is 1. The Labute approximate surface area is 144 Å². The Morgan fingerprint density at radius 1 is 0.920 bits per heavy atom. The first-order chi connectivity index (χ1) is 12.2. The summed E-state index contributed by atoms with van der Waals surface area (Å²) in [6, 6.07) is 21.1. The second-order valence-electron chi connectivity index (χ2n) is 5.79. The molecule has 1 N–H and O–H groups in total. The van der Waals surface area contributed by atoms with Gasteiger partial charge in [0.2, 0.25) is 0 Å². The van der Waals surface area contributed by atoms with Gasteiger partial charge < -0.3 is 10.1 Å². The highest BCUT2D eigenvalue weighted by Gasteiger charge is 2.39. The molecule has 2 aromatic carbocycles. The average Bonchev–Trinajstić information content (AvgIpc) is 3.05. The fourth-order valence-corrected chi connectivity index (χ4v) is 2.98. The molecule has 2 atom stereocenters.